The molecule has 0 unspecified atom stereocenters. The maximum atomic E-state index is 13.6. The van der Waals surface area contributed by atoms with Crippen LogP contribution >= 0.6 is 0 Å². The third kappa shape index (κ3) is 2.76. The zero-order valence-corrected chi connectivity index (χ0v) is 11.8. The van der Waals surface area contributed by atoms with Gasteiger partial charge in [0.1, 0.15) is 11.6 Å². The molecule has 3 aromatic carbocycles. The fourth-order valence-corrected chi connectivity index (χ4v) is 2.59. The SMILES string of the molecule is OCc1cccc(-c2ccc(F)cc2)c1-c1cccc(F)c1. The minimum Gasteiger partial charge on any atom is -0.392 e. The second kappa shape index (κ2) is 6.08. The Morgan fingerprint density at radius 2 is 1.45 bits per heavy atom. The van der Waals surface area contributed by atoms with Gasteiger partial charge in [-0.3, -0.25) is 0 Å². The lowest BCUT2D eigenvalue weighted by molar-refractivity contribution is 0.282. The van der Waals surface area contributed by atoms with Crippen molar-refractivity contribution < 1.29 is 13.9 Å². The smallest absolute Gasteiger partial charge is 0.123 e. The summed E-state index contributed by atoms with van der Waals surface area (Å²) < 4.78 is 26.7. The largest absolute Gasteiger partial charge is 0.392 e. The molecule has 0 saturated carbocycles. The summed E-state index contributed by atoms with van der Waals surface area (Å²) in [4.78, 5) is 0. The van der Waals surface area contributed by atoms with Crippen molar-refractivity contribution in [2.45, 2.75) is 6.61 Å². The van der Waals surface area contributed by atoms with Gasteiger partial charge in [-0.1, -0.05) is 42.5 Å². The van der Waals surface area contributed by atoms with Crippen molar-refractivity contribution in [1.82, 2.24) is 0 Å². The molecule has 0 aliphatic rings. The minimum atomic E-state index is -0.338. The van der Waals surface area contributed by atoms with Gasteiger partial charge in [-0.25, -0.2) is 8.78 Å². The maximum absolute atomic E-state index is 13.6. The first-order chi connectivity index (χ1) is 10.7. The average Bonchev–Trinajstić information content (AvgIpc) is 2.55. The Morgan fingerprint density at radius 1 is 0.727 bits per heavy atom. The Bertz CT molecular complexity index is 795. The number of hydrogen-bond donors (Lipinski definition) is 1. The molecule has 0 heterocycles. The Kier molecular flexibility index (Phi) is 3.98. The molecule has 110 valence electrons. The van der Waals surface area contributed by atoms with Gasteiger partial charge in [0.05, 0.1) is 6.61 Å². The average molecular weight is 296 g/mol. The van der Waals surface area contributed by atoms with E-state index in [0.717, 1.165) is 16.7 Å². The van der Waals surface area contributed by atoms with Crippen molar-refractivity contribution in [2.24, 2.45) is 0 Å². The highest BCUT2D eigenvalue weighted by atomic mass is 19.1. The van der Waals surface area contributed by atoms with Crippen LogP contribution in [0.2, 0.25) is 0 Å². The van der Waals surface area contributed by atoms with Crippen LogP contribution in [0.4, 0.5) is 8.78 Å². The Morgan fingerprint density at radius 3 is 2.14 bits per heavy atom. The molecule has 0 radical (unpaired) electrons. The van der Waals surface area contributed by atoms with Crippen molar-refractivity contribution in [3.05, 3.63) is 83.9 Å². The van der Waals surface area contributed by atoms with E-state index in [1.54, 1.807) is 30.3 Å². The highest BCUT2D eigenvalue weighted by molar-refractivity contribution is 5.85. The minimum absolute atomic E-state index is 0.152. The van der Waals surface area contributed by atoms with Crippen LogP contribution in [0.25, 0.3) is 22.3 Å². The van der Waals surface area contributed by atoms with Crippen LogP contribution in [-0.4, -0.2) is 5.11 Å². The van der Waals surface area contributed by atoms with Gasteiger partial charge in [0.15, 0.2) is 0 Å². The van der Waals surface area contributed by atoms with Crippen LogP contribution in [-0.2, 0) is 6.61 Å². The molecule has 1 nitrogen and oxygen atoms in total. The highest BCUT2D eigenvalue weighted by Gasteiger charge is 2.12. The molecule has 3 aromatic rings. The Hall–Kier alpha value is -2.52. The molecule has 0 aliphatic carbocycles. The zero-order valence-electron chi connectivity index (χ0n) is 11.8. The zero-order chi connectivity index (χ0) is 15.5. The van der Waals surface area contributed by atoms with Crippen LogP contribution < -0.4 is 0 Å². The summed E-state index contributed by atoms with van der Waals surface area (Å²) in [5.74, 6) is -0.648. The number of rotatable bonds is 3. The van der Waals surface area contributed by atoms with Crippen molar-refractivity contribution in [1.29, 1.82) is 0 Å². The molecule has 3 rings (SSSR count). The van der Waals surface area contributed by atoms with Crippen LogP contribution in [0.3, 0.4) is 0 Å². The van der Waals surface area contributed by atoms with Crippen molar-refractivity contribution >= 4 is 0 Å². The van der Waals surface area contributed by atoms with E-state index < -0.39 is 0 Å². The maximum Gasteiger partial charge on any atom is 0.123 e. The molecule has 0 atom stereocenters. The van der Waals surface area contributed by atoms with Crippen molar-refractivity contribution in [3.8, 4) is 22.3 Å². The van der Waals surface area contributed by atoms with Crippen molar-refractivity contribution in [3.63, 3.8) is 0 Å². The van der Waals surface area contributed by atoms with Gasteiger partial charge >= 0.3 is 0 Å². The van der Waals surface area contributed by atoms with E-state index in [1.807, 2.05) is 12.1 Å². The second-order valence-electron chi connectivity index (χ2n) is 5.02. The third-order valence-corrected chi connectivity index (χ3v) is 3.59. The monoisotopic (exact) mass is 296 g/mol. The van der Waals surface area contributed by atoms with Gasteiger partial charge in [-0.2, -0.15) is 0 Å². The fourth-order valence-electron chi connectivity index (χ4n) is 2.59. The highest BCUT2D eigenvalue weighted by Crippen LogP contribution is 2.35. The topological polar surface area (TPSA) is 20.2 Å². The first-order valence-electron chi connectivity index (χ1n) is 6.93. The second-order valence-corrected chi connectivity index (χ2v) is 5.02. The summed E-state index contributed by atoms with van der Waals surface area (Å²) in [5.41, 5.74) is 3.79. The molecule has 0 fully saturated rings. The number of aliphatic hydroxyl groups excluding tert-OH is 1. The molecule has 0 saturated heterocycles. The van der Waals surface area contributed by atoms with Gasteiger partial charge in [0.2, 0.25) is 0 Å². The van der Waals surface area contributed by atoms with Gasteiger partial charge in [-0.05, 0) is 52.1 Å². The lowest BCUT2D eigenvalue weighted by Crippen LogP contribution is -1.94. The van der Waals surface area contributed by atoms with Crippen molar-refractivity contribution in [2.75, 3.05) is 0 Å². The van der Waals surface area contributed by atoms with E-state index in [2.05, 4.69) is 0 Å². The Balaban J connectivity index is 2.25. The quantitative estimate of drug-likeness (QED) is 0.736. The predicted molar refractivity (Wildman–Crippen MR) is 83.2 cm³/mol. The molecular formula is C19H14F2O. The molecule has 1 N–H and O–H groups in total. The molecule has 0 aromatic heterocycles. The normalized spacial score (nSPS) is 10.7. The molecule has 0 amide bonds. The number of benzene rings is 3. The van der Waals surface area contributed by atoms with E-state index in [0.29, 0.717) is 11.1 Å². The summed E-state index contributed by atoms with van der Waals surface area (Å²) in [6, 6.07) is 17.9. The van der Waals surface area contributed by atoms with E-state index in [4.69, 9.17) is 0 Å². The fraction of sp³-hybridized carbons (Fsp3) is 0.0526. The molecule has 22 heavy (non-hydrogen) atoms. The lowest BCUT2D eigenvalue weighted by atomic mass is 9.90. The molecule has 0 spiro atoms. The molecular weight excluding hydrogens is 282 g/mol. The summed E-state index contributed by atoms with van der Waals surface area (Å²) in [6.07, 6.45) is 0. The van der Waals surface area contributed by atoms with Gasteiger partial charge in [0, 0.05) is 0 Å². The van der Waals surface area contributed by atoms with E-state index in [1.165, 1.54) is 24.3 Å². The van der Waals surface area contributed by atoms with Crippen LogP contribution in [0.1, 0.15) is 5.56 Å². The number of halogens is 2. The molecule has 3 heteroatoms. The van der Waals surface area contributed by atoms with Gasteiger partial charge < -0.3 is 5.11 Å². The number of hydrogen-bond acceptors (Lipinski definition) is 1. The van der Waals surface area contributed by atoms with E-state index >= 15 is 0 Å². The van der Waals surface area contributed by atoms with Crippen LogP contribution in [0.15, 0.2) is 66.7 Å². The summed E-state index contributed by atoms with van der Waals surface area (Å²) in [5, 5.41) is 9.61. The summed E-state index contributed by atoms with van der Waals surface area (Å²) in [7, 11) is 0. The third-order valence-electron chi connectivity index (χ3n) is 3.59. The van der Waals surface area contributed by atoms with E-state index in [-0.39, 0.29) is 18.2 Å². The summed E-state index contributed by atoms with van der Waals surface area (Å²) in [6.45, 7) is -0.152. The predicted octanol–water partition coefficient (Wildman–Crippen LogP) is 4.79. The Labute approximate surface area is 127 Å². The van der Waals surface area contributed by atoms with E-state index in [9.17, 15) is 13.9 Å². The van der Waals surface area contributed by atoms with Crippen LogP contribution in [0.5, 0.6) is 0 Å². The first kappa shape index (κ1) is 14.4. The standard InChI is InChI=1S/C19H14F2O/c20-16-9-7-13(8-10-16)18-6-2-4-15(12-22)19(18)14-3-1-5-17(21)11-14/h1-11,22H,12H2. The first-order valence-corrected chi connectivity index (χ1v) is 6.93. The van der Waals surface area contributed by atoms with Gasteiger partial charge in [0.25, 0.3) is 0 Å². The molecule has 0 bridgehead atoms. The molecule has 0 aliphatic heterocycles. The van der Waals surface area contributed by atoms with Crippen LogP contribution in [0, 0.1) is 11.6 Å². The lowest BCUT2D eigenvalue weighted by Gasteiger charge is -2.14. The summed E-state index contributed by atoms with van der Waals surface area (Å²) >= 11 is 0. The number of aliphatic hydroxyl groups is 1. The van der Waals surface area contributed by atoms with Gasteiger partial charge in [-0.15, -0.1) is 0 Å².